The Morgan fingerprint density at radius 2 is 1.88 bits per heavy atom. The molecule has 2 heterocycles. The fraction of sp³-hybridized carbons (Fsp3) is 0.238. The molecule has 0 unspecified atom stereocenters. The lowest BCUT2D eigenvalue weighted by Crippen LogP contribution is -2.34. The number of furan rings is 1. The number of nitrogens with one attached hydrogen (secondary N) is 1. The normalized spacial score (nSPS) is 10.6. The van der Waals surface area contributed by atoms with Gasteiger partial charge in [0, 0.05) is 24.6 Å². The number of benzene rings is 1. The van der Waals surface area contributed by atoms with Crippen molar-refractivity contribution in [3.05, 3.63) is 83.1 Å². The van der Waals surface area contributed by atoms with Crippen molar-refractivity contribution in [3.8, 4) is 0 Å². The molecule has 0 spiro atoms. The fourth-order valence-corrected chi connectivity index (χ4v) is 3.30. The first kappa shape index (κ1) is 18.1. The third kappa shape index (κ3) is 4.49. The van der Waals surface area contributed by atoms with Crippen LogP contribution in [-0.4, -0.2) is 15.0 Å². The van der Waals surface area contributed by atoms with Crippen molar-refractivity contribution in [1.82, 2.24) is 9.88 Å². The van der Waals surface area contributed by atoms with Gasteiger partial charge in [0.15, 0.2) is 5.11 Å². The lowest BCUT2D eigenvalue weighted by Gasteiger charge is -2.26. The zero-order valence-corrected chi connectivity index (χ0v) is 16.1. The highest BCUT2D eigenvalue weighted by Gasteiger charge is 2.15. The van der Waals surface area contributed by atoms with E-state index in [0.717, 1.165) is 17.0 Å². The van der Waals surface area contributed by atoms with Crippen molar-refractivity contribution in [2.45, 2.75) is 33.9 Å². The molecule has 0 bridgehead atoms. The average Bonchev–Trinajstić information content (AvgIpc) is 3.11. The second-order valence-corrected chi connectivity index (χ2v) is 6.89. The van der Waals surface area contributed by atoms with E-state index in [1.165, 1.54) is 16.7 Å². The Labute approximate surface area is 159 Å². The molecule has 0 aliphatic carbocycles. The van der Waals surface area contributed by atoms with Crippen molar-refractivity contribution in [2.24, 2.45) is 0 Å². The number of aryl methyl sites for hydroxylation is 3. The van der Waals surface area contributed by atoms with Crippen LogP contribution in [0, 0.1) is 20.8 Å². The summed E-state index contributed by atoms with van der Waals surface area (Å²) in [4.78, 5) is 6.29. The van der Waals surface area contributed by atoms with Crippen LogP contribution in [0.4, 0.5) is 5.69 Å². The molecule has 0 atom stereocenters. The summed E-state index contributed by atoms with van der Waals surface area (Å²) in [5.41, 5.74) is 5.78. The van der Waals surface area contributed by atoms with Gasteiger partial charge in [-0.2, -0.15) is 0 Å². The van der Waals surface area contributed by atoms with E-state index in [4.69, 9.17) is 16.6 Å². The summed E-state index contributed by atoms with van der Waals surface area (Å²) < 4.78 is 5.52. The van der Waals surface area contributed by atoms with Gasteiger partial charge in [0.05, 0.1) is 12.8 Å². The highest BCUT2D eigenvalue weighted by molar-refractivity contribution is 7.80. The van der Waals surface area contributed by atoms with E-state index in [0.29, 0.717) is 18.2 Å². The number of rotatable bonds is 5. The van der Waals surface area contributed by atoms with E-state index in [1.54, 1.807) is 12.5 Å². The van der Waals surface area contributed by atoms with Gasteiger partial charge in [-0.05, 0) is 67.9 Å². The molecule has 0 radical (unpaired) electrons. The van der Waals surface area contributed by atoms with E-state index in [2.05, 4.69) is 48.1 Å². The van der Waals surface area contributed by atoms with Gasteiger partial charge in [0.1, 0.15) is 5.76 Å². The standard InChI is InChI=1S/C21H23N3OS/c1-15-10-16(2)20(17(3)11-15)23-21(26)24(14-19-7-5-9-25-19)13-18-6-4-8-22-12-18/h4-12H,13-14H2,1-3H3,(H,23,26). The van der Waals surface area contributed by atoms with Crippen LogP contribution in [0.25, 0.3) is 0 Å². The van der Waals surface area contributed by atoms with Gasteiger partial charge >= 0.3 is 0 Å². The molecule has 26 heavy (non-hydrogen) atoms. The van der Waals surface area contributed by atoms with E-state index in [1.807, 2.05) is 30.5 Å². The SMILES string of the molecule is Cc1cc(C)c(NC(=S)N(Cc2cccnc2)Cc2ccco2)c(C)c1. The lowest BCUT2D eigenvalue weighted by atomic mass is 10.1. The van der Waals surface area contributed by atoms with Gasteiger partial charge in [-0.3, -0.25) is 4.98 Å². The quantitative estimate of drug-likeness (QED) is 0.645. The van der Waals surface area contributed by atoms with Gasteiger partial charge in [-0.15, -0.1) is 0 Å². The van der Waals surface area contributed by atoms with E-state index < -0.39 is 0 Å². The summed E-state index contributed by atoms with van der Waals surface area (Å²) in [6.45, 7) is 7.56. The molecule has 0 amide bonds. The highest BCUT2D eigenvalue weighted by Crippen LogP contribution is 2.23. The molecule has 134 valence electrons. The molecule has 4 nitrogen and oxygen atoms in total. The van der Waals surface area contributed by atoms with Gasteiger partial charge in [-0.25, -0.2) is 0 Å². The van der Waals surface area contributed by atoms with E-state index >= 15 is 0 Å². The van der Waals surface area contributed by atoms with Crippen LogP contribution < -0.4 is 5.32 Å². The third-order valence-corrected chi connectivity index (χ3v) is 4.58. The van der Waals surface area contributed by atoms with Crippen LogP contribution in [0.1, 0.15) is 28.0 Å². The Morgan fingerprint density at radius 3 is 2.50 bits per heavy atom. The van der Waals surface area contributed by atoms with Crippen LogP contribution in [0.15, 0.2) is 59.5 Å². The Kier molecular flexibility index (Phi) is 5.68. The minimum atomic E-state index is 0.595. The Bertz CT molecular complexity index is 853. The molecule has 5 heteroatoms. The van der Waals surface area contributed by atoms with Crippen molar-refractivity contribution in [3.63, 3.8) is 0 Å². The predicted octanol–water partition coefficient (Wildman–Crippen LogP) is 5.00. The third-order valence-electron chi connectivity index (χ3n) is 4.22. The van der Waals surface area contributed by atoms with Crippen LogP contribution in [-0.2, 0) is 13.1 Å². The first-order chi connectivity index (χ1) is 12.5. The smallest absolute Gasteiger partial charge is 0.174 e. The molecule has 3 aromatic rings. The Morgan fingerprint density at radius 1 is 1.12 bits per heavy atom. The summed E-state index contributed by atoms with van der Waals surface area (Å²) in [6, 6.07) is 12.2. The van der Waals surface area contributed by atoms with Gasteiger partial charge in [0.25, 0.3) is 0 Å². The molecular formula is C21H23N3OS. The Hall–Kier alpha value is -2.66. The average molecular weight is 366 g/mol. The molecule has 0 saturated carbocycles. The van der Waals surface area contributed by atoms with Crippen LogP contribution >= 0.6 is 12.2 Å². The van der Waals surface area contributed by atoms with Crippen LogP contribution in [0.3, 0.4) is 0 Å². The van der Waals surface area contributed by atoms with Gasteiger partial charge in [-0.1, -0.05) is 23.8 Å². The largest absolute Gasteiger partial charge is 0.467 e. The number of hydrogen-bond donors (Lipinski definition) is 1. The molecule has 0 fully saturated rings. The first-order valence-electron chi connectivity index (χ1n) is 8.58. The van der Waals surface area contributed by atoms with Gasteiger partial charge < -0.3 is 14.6 Å². The second kappa shape index (κ2) is 8.15. The molecular weight excluding hydrogens is 342 g/mol. The molecule has 2 aromatic heterocycles. The first-order valence-corrected chi connectivity index (χ1v) is 8.99. The number of hydrogen-bond acceptors (Lipinski definition) is 3. The van der Waals surface area contributed by atoms with Crippen molar-refractivity contribution >= 4 is 23.0 Å². The minimum absolute atomic E-state index is 0.595. The number of nitrogens with zero attached hydrogens (tertiary/aromatic N) is 2. The number of anilines is 1. The summed E-state index contributed by atoms with van der Waals surface area (Å²) in [7, 11) is 0. The molecule has 0 saturated heterocycles. The molecule has 3 rings (SSSR count). The topological polar surface area (TPSA) is 41.3 Å². The second-order valence-electron chi connectivity index (χ2n) is 6.50. The number of pyridine rings is 1. The lowest BCUT2D eigenvalue weighted by molar-refractivity contribution is 0.360. The van der Waals surface area contributed by atoms with Crippen molar-refractivity contribution in [2.75, 3.05) is 5.32 Å². The predicted molar refractivity (Wildman–Crippen MR) is 109 cm³/mol. The van der Waals surface area contributed by atoms with Gasteiger partial charge in [0.2, 0.25) is 0 Å². The van der Waals surface area contributed by atoms with E-state index in [-0.39, 0.29) is 0 Å². The molecule has 1 N–H and O–H groups in total. The van der Waals surface area contributed by atoms with E-state index in [9.17, 15) is 0 Å². The maximum Gasteiger partial charge on any atom is 0.174 e. The summed E-state index contributed by atoms with van der Waals surface area (Å²) in [6.07, 6.45) is 5.32. The van der Waals surface area contributed by atoms with Crippen molar-refractivity contribution in [1.29, 1.82) is 0 Å². The zero-order valence-electron chi connectivity index (χ0n) is 15.3. The maximum absolute atomic E-state index is 5.73. The number of aromatic nitrogens is 1. The zero-order chi connectivity index (χ0) is 18.5. The monoisotopic (exact) mass is 365 g/mol. The molecule has 1 aromatic carbocycles. The minimum Gasteiger partial charge on any atom is -0.467 e. The number of thiocarbonyl (C=S) groups is 1. The highest BCUT2D eigenvalue weighted by atomic mass is 32.1. The molecule has 0 aliphatic heterocycles. The molecule has 0 aliphatic rings. The van der Waals surface area contributed by atoms with Crippen LogP contribution in [0.5, 0.6) is 0 Å². The summed E-state index contributed by atoms with van der Waals surface area (Å²) >= 11 is 5.73. The van der Waals surface area contributed by atoms with Crippen molar-refractivity contribution < 1.29 is 4.42 Å². The Balaban J connectivity index is 1.82. The summed E-state index contributed by atoms with van der Waals surface area (Å²) in [5, 5.41) is 4.10. The van der Waals surface area contributed by atoms with Crippen LogP contribution in [0.2, 0.25) is 0 Å². The summed E-state index contributed by atoms with van der Waals surface area (Å²) in [5.74, 6) is 0.871. The fourth-order valence-electron chi connectivity index (χ4n) is 3.07. The maximum atomic E-state index is 5.73.